The van der Waals surface area contributed by atoms with Gasteiger partial charge in [-0.1, -0.05) is 12.1 Å². The molecule has 4 rings (SSSR count). The van der Waals surface area contributed by atoms with E-state index in [1.165, 1.54) is 0 Å². The Balaban J connectivity index is 1.35. The molecule has 0 aliphatic carbocycles. The molecule has 1 atom stereocenters. The van der Waals surface area contributed by atoms with Crippen molar-refractivity contribution in [1.82, 2.24) is 9.80 Å². The van der Waals surface area contributed by atoms with Crippen LogP contribution in [0.2, 0.25) is 0 Å². The minimum absolute atomic E-state index is 0.0198. The normalized spacial score (nSPS) is 23.9. The molecule has 3 aliphatic heterocycles. The van der Waals surface area contributed by atoms with Crippen molar-refractivity contribution >= 4 is 11.8 Å². The Labute approximate surface area is 166 Å². The summed E-state index contributed by atoms with van der Waals surface area (Å²) >= 11 is 0. The average molecular weight is 386 g/mol. The number of carbonyl (C=O) groups is 2. The Morgan fingerprint density at radius 1 is 1.07 bits per heavy atom. The van der Waals surface area contributed by atoms with Crippen LogP contribution in [-0.2, 0) is 9.53 Å². The third-order valence-electron chi connectivity index (χ3n) is 6.12. The van der Waals surface area contributed by atoms with Crippen LogP contribution in [0.1, 0.15) is 55.3 Å². The molecule has 28 heavy (non-hydrogen) atoms. The maximum Gasteiger partial charge on any atom is 0.257 e. The van der Waals surface area contributed by atoms with Gasteiger partial charge in [0.25, 0.3) is 5.91 Å². The van der Waals surface area contributed by atoms with E-state index in [4.69, 9.17) is 9.47 Å². The average Bonchev–Trinajstić information content (AvgIpc) is 3.26. The minimum atomic E-state index is 0.0198. The third-order valence-corrected chi connectivity index (χ3v) is 6.12. The summed E-state index contributed by atoms with van der Waals surface area (Å²) in [7, 11) is 0. The van der Waals surface area contributed by atoms with Crippen molar-refractivity contribution in [1.29, 1.82) is 0 Å². The Bertz CT molecular complexity index is 694. The first-order valence-electron chi connectivity index (χ1n) is 10.6. The molecule has 1 aromatic carbocycles. The van der Waals surface area contributed by atoms with E-state index in [-0.39, 0.29) is 24.0 Å². The highest BCUT2D eigenvalue weighted by Crippen LogP contribution is 2.26. The molecule has 2 amide bonds. The van der Waals surface area contributed by atoms with Gasteiger partial charge in [0.15, 0.2) is 0 Å². The van der Waals surface area contributed by atoms with E-state index in [2.05, 4.69) is 0 Å². The molecule has 6 heteroatoms. The Hall–Kier alpha value is -2.08. The molecule has 3 fully saturated rings. The SMILES string of the molecule is O=C(c1ccccc1OC[C@H]1CCCO1)N1CCC(N2CCCCC2=O)CC1. The summed E-state index contributed by atoms with van der Waals surface area (Å²) in [5.74, 6) is 0.937. The van der Waals surface area contributed by atoms with E-state index >= 15 is 0 Å². The lowest BCUT2D eigenvalue weighted by molar-refractivity contribution is -0.136. The number of rotatable bonds is 5. The predicted molar refractivity (Wildman–Crippen MR) is 105 cm³/mol. The number of hydrogen-bond acceptors (Lipinski definition) is 4. The van der Waals surface area contributed by atoms with Crippen molar-refractivity contribution in [2.75, 3.05) is 32.8 Å². The van der Waals surface area contributed by atoms with Crippen LogP contribution in [0.25, 0.3) is 0 Å². The van der Waals surface area contributed by atoms with E-state index in [9.17, 15) is 9.59 Å². The molecular weight excluding hydrogens is 356 g/mol. The van der Waals surface area contributed by atoms with E-state index in [0.29, 0.717) is 37.4 Å². The first kappa shape index (κ1) is 19.2. The summed E-state index contributed by atoms with van der Waals surface area (Å²) in [5, 5.41) is 0. The topological polar surface area (TPSA) is 59.1 Å². The second kappa shape index (κ2) is 8.95. The largest absolute Gasteiger partial charge is 0.490 e. The van der Waals surface area contributed by atoms with Crippen LogP contribution in [-0.4, -0.2) is 66.6 Å². The van der Waals surface area contributed by atoms with Crippen molar-refractivity contribution in [3.05, 3.63) is 29.8 Å². The lowest BCUT2D eigenvalue weighted by Gasteiger charge is -2.40. The standard InChI is InChI=1S/C22H30N2O4/c25-21-9-3-4-12-24(21)17-10-13-23(14-11-17)22(26)19-7-1-2-8-20(19)28-16-18-6-5-15-27-18/h1-2,7-8,17-18H,3-6,9-16H2/t18-/m1/s1. The molecule has 0 aromatic heterocycles. The molecule has 152 valence electrons. The van der Waals surface area contributed by atoms with Crippen LogP contribution in [0.15, 0.2) is 24.3 Å². The van der Waals surface area contributed by atoms with Gasteiger partial charge in [-0.3, -0.25) is 9.59 Å². The molecule has 3 saturated heterocycles. The molecule has 3 aliphatic rings. The van der Waals surface area contributed by atoms with Crippen molar-refractivity contribution in [3.8, 4) is 5.75 Å². The van der Waals surface area contributed by atoms with Gasteiger partial charge in [0.1, 0.15) is 12.4 Å². The van der Waals surface area contributed by atoms with Gasteiger partial charge in [-0.15, -0.1) is 0 Å². The van der Waals surface area contributed by atoms with Crippen molar-refractivity contribution in [2.45, 2.75) is 57.1 Å². The zero-order valence-electron chi connectivity index (χ0n) is 16.5. The lowest BCUT2D eigenvalue weighted by atomic mass is 9.99. The van der Waals surface area contributed by atoms with Crippen molar-refractivity contribution < 1.29 is 19.1 Å². The number of likely N-dealkylation sites (tertiary alicyclic amines) is 2. The van der Waals surface area contributed by atoms with Gasteiger partial charge in [-0.05, 0) is 50.7 Å². The molecule has 3 heterocycles. The summed E-state index contributed by atoms with van der Waals surface area (Å²) in [6.45, 7) is 3.53. The molecule has 0 N–H and O–H groups in total. The monoisotopic (exact) mass is 386 g/mol. The number of ether oxygens (including phenoxy) is 2. The summed E-state index contributed by atoms with van der Waals surface area (Å²) in [4.78, 5) is 29.2. The highest BCUT2D eigenvalue weighted by atomic mass is 16.5. The zero-order chi connectivity index (χ0) is 19.3. The molecule has 0 bridgehead atoms. The fourth-order valence-corrected chi connectivity index (χ4v) is 4.49. The Morgan fingerprint density at radius 3 is 2.64 bits per heavy atom. The number of benzene rings is 1. The van der Waals surface area contributed by atoms with E-state index in [1.54, 1.807) is 0 Å². The van der Waals surface area contributed by atoms with Gasteiger partial charge in [0, 0.05) is 38.7 Å². The maximum atomic E-state index is 13.1. The van der Waals surface area contributed by atoms with Crippen LogP contribution in [0.5, 0.6) is 5.75 Å². The van der Waals surface area contributed by atoms with Crippen LogP contribution >= 0.6 is 0 Å². The van der Waals surface area contributed by atoms with E-state index in [1.807, 2.05) is 34.1 Å². The third kappa shape index (κ3) is 4.32. The Morgan fingerprint density at radius 2 is 1.89 bits per heavy atom. The van der Waals surface area contributed by atoms with Gasteiger partial charge in [-0.25, -0.2) is 0 Å². The number of para-hydroxylation sites is 1. The van der Waals surface area contributed by atoms with Gasteiger partial charge >= 0.3 is 0 Å². The number of hydrogen-bond donors (Lipinski definition) is 0. The van der Waals surface area contributed by atoms with Gasteiger partial charge < -0.3 is 19.3 Å². The summed E-state index contributed by atoms with van der Waals surface area (Å²) in [6, 6.07) is 7.76. The van der Waals surface area contributed by atoms with Crippen molar-refractivity contribution in [3.63, 3.8) is 0 Å². The number of amides is 2. The molecule has 0 saturated carbocycles. The molecule has 6 nitrogen and oxygen atoms in total. The molecule has 1 aromatic rings. The van der Waals surface area contributed by atoms with Crippen LogP contribution in [0, 0.1) is 0 Å². The highest BCUT2D eigenvalue weighted by Gasteiger charge is 2.31. The first-order valence-corrected chi connectivity index (χ1v) is 10.6. The summed E-state index contributed by atoms with van der Waals surface area (Å²) in [5.41, 5.74) is 0.619. The fourth-order valence-electron chi connectivity index (χ4n) is 4.49. The second-order valence-corrected chi connectivity index (χ2v) is 8.01. The maximum absolute atomic E-state index is 13.1. The smallest absolute Gasteiger partial charge is 0.257 e. The predicted octanol–water partition coefficient (Wildman–Crippen LogP) is 2.86. The van der Waals surface area contributed by atoms with Crippen LogP contribution in [0.3, 0.4) is 0 Å². The zero-order valence-corrected chi connectivity index (χ0v) is 16.5. The quantitative estimate of drug-likeness (QED) is 0.781. The van der Waals surface area contributed by atoms with E-state index < -0.39 is 0 Å². The summed E-state index contributed by atoms with van der Waals surface area (Å²) in [6.07, 6.45) is 6.71. The van der Waals surface area contributed by atoms with Gasteiger partial charge in [0.05, 0.1) is 11.7 Å². The second-order valence-electron chi connectivity index (χ2n) is 8.01. The lowest BCUT2D eigenvalue weighted by Crippen LogP contribution is -2.50. The van der Waals surface area contributed by atoms with Gasteiger partial charge in [0.2, 0.25) is 5.91 Å². The molecule has 0 spiro atoms. The Kier molecular flexibility index (Phi) is 6.15. The number of nitrogens with zero attached hydrogens (tertiary/aromatic N) is 2. The molecular formula is C22H30N2O4. The number of piperidine rings is 2. The van der Waals surface area contributed by atoms with Crippen LogP contribution in [0.4, 0.5) is 0 Å². The van der Waals surface area contributed by atoms with Gasteiger partial charge in [-0.2, -0.15) is 0 Å². The molecule has 0 radical (unpaired) electrons. The van der Waals surface area contributed by atoms with E-state index in [0.717, 1.165) is 51.7 Å². The summed E-state index contributed by atoms with van der Waals surface area (Å²) < 4.78 is 11.6. The molecule has 0 unspecified atom stereocenters. The van der Waals surface area contributed by atoms with Crippen LogP contribution < -0.4 is 4.74 Å². The highest BCUT2D eigenvalue weighted by molar-refractivity contribution is 5.97. The fraction of sp³-hybridized carbons (Fsp3) is 0.636. The minimum Gasteiger partial charge on any atom is -0.490 e. The van der Waals surface area contributed by atoms with Crippen molar-refractivity contribution in [2.24, 2.45) is 0 Å². The first-order chi connectivity index (χ1) is 13.7. The number of carbonyl (C=O) groups excluding carboxylic acids is 2.